The minimum absolute atomic E-state index is 0. The molecule has 0 bridgehead atoms. The fourth-order valence-electron chi connectivity index (χ4n) is 2.66. The highest BCUT2D eigenvalue weighted by molar-refractivity contribution is 7.89. The van der Waals surface area contributed by atoms with E-state index < -0.39 is 36.8 Å². The second-order valence-corrected chi connectivity index (χ2v) is 8.47. The number of nitrogens with zero attached hydrogens (tertiary/aromatic N) is 2. The van der Waals surface area contributed by atoms with Crippen molar-refractivity contribution in [1.29, 1.82) is 0 Å². The summed E-state index contributed by atoms with van der Waals surface area (Å²) >= 11 is 0. The molecule has 1 aliphatic heterocycles. The van der Waals surface area contributed by atoms with E-state index in [9.17, 15) is 22.9 Å². The van der Waals surface area contributed by atoms with Crippen LogP contribution in [0.25, 0.3) is 0 Å². The minimum atomic E-state index is -4.02. The molecule has 2 rings (SSSR count). The number of sulfonamides is 1. The summed E-state index contributed by atoms with van der Waals surface area (Å²) in [7, 11) is -4.02. The zero-order chi connectivity index (χ0) is 17.6. The Morgan fingerprint density at radius 1 is 1.42 bits per heavy atom. The Kier molecular flexibility index (Phi) is 5.98. The van der Waals surface area contributed by atoms with Gasteiger partial charge in [-0.3, -0.25) is 10.1 Å². The number of rotatable bonds is 3. The zero-order valence-electron chi connectivity index (χ0n) is 13.7. The molecule has 0 spiro atoms. The van der Waals surface area contributed by atoms with Gasteiger partial charge < -0.3 is 5.73 Å². The molecule has 1 fully saturated rings. The van der Waals surface area contributed by atoms with Crippen LogP contribution in [0.3, 0.4) is 0 Å². The van der Waals surface area contributed by atoms with Gasteiger partial charge in [0, 0.05) is 25.2 Å². The van der Waals surface area contributed by atoms with Crippen LogP contribution in [0.5, 0.6) is 0 Å². The van der Waals surface area contributed by atoms with Gasteiger partial charge in [-0.1, -0.05) is 13.8 Å². The Balaban J connectivity index is 0.00000288. The fraction of sp³-hybridized carbons (Fsp3) is 0.571. The molecule has 2 N–H and O–H groups in total. The average Bonchev–Trinajstić information content (AvgIpc) is 2.43. The number of nitrogens with two attached hydrogens (primary N) is 1. The molecule has 1 heterocycles. The highest BCUT2D eigenvalue weighted by Gasteiger charge is 2.39. The first-order valence-electron chi connectivity index (χ1n) is 7.17. The second kappa shape index (κ2) is 6.91. The largest absolute Gasteiger partial charge is 0.327 e. The first-order valence-corrected chi connectivity index (χ1v) is 8.61. The topological polar surface area (TPSA) is 107 Å². The van der Waals surface area contributed by atoms with Crippen LogP contribution in [0, 0.1) is 28.3 Å². The monoisotopic (exact) mass is 381 g/mol. The maximum Gasteiger partial charge on any atom is 0.276 e. The van der Waals surface area contributed by atoms with Crippen LogP contribution < -0.4 is 5.73 Å². The van der Waals surface area contributed by atoms with Crippen LogP contribution in [0.1, 0.15) is 25.8 Å². The summed E-state index contributed by atoms with van der Waals surface area (Å²) < 4.78 is 40.5. The van der Waals surface area contributed by atoms with Gasteiger partial charge in [0.25, 0.3) is 5.69 Å². The number of nitro benzene ring substituents is 1. The Hall–Kier alpha value is -1.29. The van der Waals surface area contributed by atoms with E-state index in [0.29, 0.717) is 6.42 Å². The third-order valence-corrected chi connectivity index (χ3v) is 6.22. The SMILES string of the molecule is Cc1c(F)cc(S(=O)(=O)N2CCC(N)C(C)(C)C2)cc1[N+](=O)[O-].Cl. The van der Waals surface area contributed by atoms with Crippen molar-refractivity contribution in [2.24, 2.45) is 11.1 Å². The van der Waals surface area contributed by atoms with Crippen molar-refractivity contribution in [1.82, 2.24) is 4.31 Å². The summed E-state index contributed by atoms with van der Waals surface area (Å²) in [5.74, 6) is -0.911. The molecule has 0 saturated carbocycles. The van der Waals surface area contributed by atoms with E-state index in [1.54, 1.807) is 0 Å². The number of halogens is 2. The summed E-state index contributed by atoms with van der Waals surface area (Å²) in [5.41, 5.74) is 4.83. The number of hydrogen-bond donors (Lipinski definition) is 1. The van der Waals surface area contributed by atoms with E-state index in [1.807, 2.05) is 13.8 Å². The van der Waals surface area contributed by atoms with E-state index in [0.717, 1.165) is 12.1 Å². The smallest absolute Gasteiger partial charge is 0.276 e. The van der Waals surface area contributed by atoms with Crippen molar-refractivity contribution in [2.75, 3.05) is 13.1 Å². The first kappa shape index (κ1) is 20.8. The average molecular weight is 382 g/mol. The Morgan fingerprint density at radius 3 is 2.50 bits per heavy atom. The summed E-state index contributed by atoms with van der Waals surface area (Å²) in [5, 5.41) is 11.0. The Labute approximate surface area is 146 Å². The van der Waals surface area contributed by atoms with Gasteiger partial charge in [-0.25, -0.2) is 12.8 Å². The molecule has 136 valence electrons. The Bertz CT molecular complexity index is 755. The van der Waals surface area contributed by atoms with E-state index in [2.05, 4.69) is 0 Å². The molecule has 24 heavy (non-hydrogen) atoms. The molecule has 7 nitrogen and oxygen atoms in total. The molecule has 1 unspecified atom stereocenters. The third-order valence-electron chi connectivity index (χ3n) is 4.40. The van der Waals surface area contributed by atoms with Gasteiger partial charge in [0.2, 0.25) is 10.0 Å². The van der Waals surface area contributed by atoms with Crippen LogP contribution in [0.15, 0.2) is 17.0 Å². The third kappa shape index (κ3) is 3.69. The van der Waals surface area contributed by atoms with Crippen LogP contribution in [0.4, 0.5) is 10.1 Å². The quantitative estimate of drug-likeness (QED) is 0.638. The Morgan fingerprint density at radius 2 is 2.00 bits per heavy atom. The van der Waals surface area contributed by atoms with Crippen molar-refractivity contribution in [2.45, 2.75) is 38.1 Å². The van der Waals surface area contributed by atoms with Crippen molar-refractivity contribution < 1.29 is 17.7 Å². The normalized spacial score (nSPS) is 21.1. The number of benzene rings is 1. The van der Waals surface area contributed by atoms with Gasteiger partial charge in [-0.05, 0) is 24.8 Å². The molecule has 1 aromatic carbocycles. The van der Waals surface area contributed by atoms with Crippen molar-refractivity contribution >= 4 is 28.1 Å². The minimum Gasteiger partial charge on any atom is -0.327 e. The summed E-state index contributed by atoms with van der Waals surface area (Å²) in [4.78, 5) is 9.80. The number of nitro groups is 1. The molecule has 0 radical (unpaired) electrons. The summed E-state index contributed by atoms with van der Waals surface area (Å²) in [6.45, 7) is 5.35. The standard InChI is InChI=1S/C14H20FN3O4S.ClH/c1-9-11(15)6-10(7-12(9)18(19)20)23(21,22)17-5-4-13(16)14(2,3)8-17;/h6-7,13H,4-5,8,16H2,1-3H3;1H. The highest BCUT2D eigenvalue weighted by Crippen LogP contribution is 2.33. The molecule has 10 heteroatoms. The van der Waals surface area contributed by atoms with Crippen LogP contribution in [0.2, 0.25) is 0 Å². The van der Waals surface area contributed by atoms with Gasteiger partial charge in [-0.2, -0.15) is 4.31 Å². The van der Waals surface area contributed by atoms with Gasteiger partial charge in [-0.15, -0.1) is 12.4 Å². The van der Waals surface area contributed by atoms with Crippen molar-refractivity contribution in [3.63, 3.8) is 0 Å². The molecule has 0 aromatic heterocycles. The number of piperidine rings is 1. The van der Waals surface area contributed by atoms with Gasteiger partial charge in [0.15, 0.2) is 0 Å². The molecular weight excluding hydrogens is 361 g/mol. The van der Waals surface area contributed by atoms with Crippen LogP contribution in [-0.2, 0) is 10.0 Å². The molecule has 0 aliphatic carbocycles. The van der Waals surface area contributed by atoms with E-state index >= 15 is 0 Å². The lowest BCUT2D eigenvalue weighted by Gasteiger charge is -2.41. The van der Waals surface area contributed by atoms with E-state index in [4.69, 9.17) is 5.73 Å². The lowest BCUT2D eigenvalue weighted by Crippen LogP contribution is -2.53. The molecule has 1 aliphatic rings. The van der Waals surface area contributed by atoms with Gasteiger partial charge >= 0.3 is 0 Å². The molecule has 0 amide bonds. The lowest BCUT2D eigenvalue weighted by molar-refractivity contribution is -0.385. The van der Waals surface area contributed by atoms with Crippen molar-refractivity contribution in [3.8, 4) is 0 Å². The van der Waals surface area contributed by atoms with E-state index in [-0.39, 0.29) is 37.1 Å². The van der Waals surface area contributed by atoms with Gasteiger partial charge in [0.1, 0.15) is 5.82 Å². The molecule has 1 atom stereocenters. The maximum absolute atomic E-state index is 13.9. The zero-order valence-corrected chi connectivity index (χ0v) is 15.3. The second-order valence-electron chi connectivity index (χ2n) is 6.53. The van der Waals surface area contributed by atoms with Crippen LogP contribution in [-0.4, -0.2) is 36.8 Å². The fourth-order valence-corrected chi connectivity index (χ4v) is 4.32. The molecule has 1 saturated heterocycles. The number of hydrogen-bond acceptors (Lipinski definition) is 5. The first-order chi connectivity index (χ1) is 10.5. The predicted octanol–water partition coefficient (Wildman–Crippen LogP) is 2.21. The highest BCUT2D eigenvalue weighted by atomic mass is 35.5. The van der Waals surface area contributed by atoms with Crippen molar-refractivity contribution in [3.05, 3.63) is 33.6 Å². The summed E-state index contributed by atoms with van der Waals surface area (Å²) in [6, 6.07) is 1.60. The van der Waals surface area contributed by atoms with Gasteiger partial charge in [0.05, 0.1) is 15.4 Å². The van der Waals surface area contributed by atoms with Crippen LogP contribution >= 0.6 is 12.4 Å². The maximum atomic E-state index is 13.9. The van der Waals surface area contributed by atoms with E-state index in [1.165, 1.54) is 11.2 Å². The molecular formula is C14H21ClFN3O4S. The predicted molar refractivity (Wildman–Crippen MR) is 90.2 cm³/mol. The molecule has 1 aromatic rings. The summed E-state index contributed by atoms with van der Waals surface area (Å²) in [6.07, 6.45) is 0.475. The lowest BCUT2D eigenvalue weighted by atomic mass is 9.81.